The zero-order valence-electron chi connectivity index (χ0n) is 13.2. The molecule has 23 heavy (non-hydrogen) atoms. The fraction of sp³-hybridized carbons (Fsp3) is 0.500. The van der Waals surface area contributed by atoms with E-state index in [0.717, 1.165) is 38.2 Å². The van der Waals surface area contributed by atoms with Crippen LogP contribution in [0.5, 0.6) is 0 Å². The zero-order chi connectivity index (χ0) is 15.5. The average Bonchev–Trinajstić information content (AvgIpc) is 3.02. The van der Waals surface area contributed by atoms with Crippen molar-refractivity contribution < 1.29 is 0 Å². The summed E-state index contributed by atoms with van der Waals surface area (Å²) in [6.07, 6.45) is 3.86. The second-order valence-electron chi connectivity index (χ2n) is 5.78. The lowest BCUT2D eigenvalue weighted by molar-refractivity contribution is 0.197. The maximum absolute atomic E-state index is 12.2. The van der Waals surface area contributed by atoms with Gasteiger partial charge < -0.3 is 5.32 Å². The molecular weight excluding hydrogens is 335 g/mol. The minimum Gasteiger partial charge on any atom is -0.315 e. The lowest BCUT2D eigenvalue weighted by atomic mass is 10.2. The topological polar surface area (TPSA) is 49.6 Å². The molecule has 126 valence electrons. The smallest absolute Gasteiger partial charge is 0.258 e. The van der Waals surface area contributed by atoms with Gasteiger partial charge in [0.1, 0.15) is 5.65 Å². The van der Waals surface area contributed by atoms with E-state index in [-0.39, 0.29) is 18.0 Å². The van der Waals surface area contributed by atoms with Crippen LogP contribution in [0, 0.1) is 0 Å². The number of nitrogens with one attached hydrogen (secondary N) is 1. The summed E-state index contributed by atoms with van der Waals surface area (Å²) in [5.41, 5.74) is 1.39. The molecule has 0 radical (unpaired) electrons. The number of fused-ring (bicyclic) bond motifs is 1. The molecule has 2 aromatic rings. The number of hydrogen-bond donors (Lipinski definition) is 1. The molecule has 0 spiro atoms. The minimum atomic E-state index is -0.0801. The fourth-order valence-corrected chi connectivity index (χ4v) is 3.20. The number of rotatable bonds is 5. The molecule has 5 nitrogen and oxygen atoms in total. The first-order chi connectivity index (χ1) is 10.7. The van der Waals surface area contributed by atoms with E-state index in [1.54, 1.807) is 24.4 Å². The molecule has 1 fully saturated rings. The largest absolute Gasteiger partial charge is 0.315 e. The first-order valence-electron chi connectivity index (χ1n) is 7.80. The predicted octanol–water partition coefficient (Wildman–Crippen LogP) is 2.34. The van der Waals surface area contributed by atoms with Crippen LogP contribution in [-0.4, -0.2) is 40.0 Å². The van der Waals surface area contributed by atoms with Crippen LogP contribution in [0.25, 0.3) is 5.65 Å². The van der Waals surface area contributed by atoms with E-state index >= 15 is 0 Å². The summed E-state index contributed by atoms with van der Waals surface area (Å²) in [7, 11) is 0. The molecule has 3 heterocycles. The molecular formula is C16H22Cl2N4O. The summed E-state index contributed by atoms with van der Waals surface area (Å²) in [6, 6.07) is 5.70. The minimum absolute atomic E-state index is 0. The number of aromatic nitrogens is 2. The van der Waals surface area contributed by atoms with Crippen LogP contribution in [-0.2, 0) is 6.54 Å². The van der Waals surface area contributed by atoms with Crippen molar-refractivity contribution in [1.29, 1.82) is 0 Å². The SMILES string of the molecule is CCCN(Cc1cc(=O)n2cc(Cl)ccc2n1)C1CCNC1.Cl. The van der Waals surface area contributed by atoms with Gasteiger partial charge in [-0.3, -0.25) is 14.1 Å². The Hall–Kier alpha value is -1.14. The molecule has 0 amide bonds. The number of pyridine rings is 1. The quantitative estimate of drug-likeness (QED) is 0.893. The van der Waals surface area contributed by atoms with E-state index in [1.807, 2.05) is 0 Å². The Bertz CT molecular complexity index is 713. The van der Waals surface area contributed by atoms with E-state index < -0.39 is 0 Å². The van der Waals surface area contributed by atoms with Crippen LogP contribution in [0.1, 0.15) is 25.5 Å². The van der Waals surface area contributed by atoms with Gasteiger partial charge in [0.05, 0.1) is 10.7 Å². The molecule has 1 unspecified atom stereocenters. The van der Waals surface area contributed by atoms with Crippen molar-refractivity contribution in [3.63, 3.8) is 0 Å². The van der Waals surface area contributed by atoms with Crippen molar-refractivity contribution in [2.75, 3.05) is 19.6 Å². The van der Waals surface area contributed by atoms with Gasteiger partial charge in [0.2, 0.25) is 0 Å². The van der Waals surface area contributed by atoms with Crippen molar-refractivity contribution in [3.8, 4) is 0 Å². The Morgan fingerprint density at radius 1 is 1.48 bits per heavy atom. The Labute approximate surface area is 147 Å². The molecule has 0 bridgehead atoms. The summed E-state index contributed by atoms with van der Waals surface area (Å²) in [6.45, 7) is 6.00. The highest BCUT2D eigenvalue weighted by molar-refractivity contribution is 6.30. The molecule has 0 saturated carbocycles. The first-order valence-corrected chi connectivity index (χ1v) is 8.18. The number of hydrogen-bond acceptors (Lipinski definition) is 4. The van der Waals surface area contributed by atoms with Gasteiger partial charge in [-0.25, -0.2) is 4.98 Å². The average molecular weight is 357 g/mol. The predicted molar refractivity (Wildman–Crippen MR) is 95.7 cm³/mol. The molecule has 1 aliphatic heterocycles. The van der Waals surface area contributed by atoms with Gasteiger partial charge in [-0.05, 0) is 38.1 Å². The Kier molecular flexibility index (Phi) is 6.41. The van der Waals surface area contributed by atoms with Crippen LogP contribution in [0.15, 0.2) is 29.2 Å². The third kappa shape index (κ3) is 4.23. The van der Waals surface area contributed by atoms with Crippen molar-refractivity contribution in [2.24, 2.45) is 0 Å². The molecule has 7 heteroatoms. The summed E-state index contributed by atoms with van der Waals surface area (Å²) in [4.78, 5) is 19.3. The third-order valence-corrected chi connectivity index (χ3v) is 4.33. The maximum Gasteiger partial charge on any atom is 0.258 e. The molecule has 2 aromatic heterocycles. The Morgan fingerprint density at radius 2 is 2.30 bits per heavy atom. The van der Waals surface area contributed by atoms with Gasteiger partial charge in [-0.2, -0.15) is 0 Å². The van der Waals surface area contributed by atoms with Gasteiger partial charge >= 0.3 is 0 Å². The van der Waals surface area contributed by atoms with E-state index in [2.05, 4.69) is 22.1 Å². The van der Waals surface area contributed by atoms with Crippen molar-refractivity contribution in [1.82, 2.24) is 19.6 Å². The third-order valence-electron chi connectivity index (χ3n) is 4.10. The van der Waals surface area contributed by atoms with E-state index in [4.69, 9.17) is 11.6 Å². The van der Waals surface area contributed by atoms with Crippen LogP contribution in [0.3, 0.4) is 0 Å². The second-order valence-corrected chi connectivity index (χ2v) is 6.21. The summed E-state index contributed by atoms with van der Waals surface area (Å²) in [5.74, 6) is 0. The molecule has 1 atom stereocenters. The monoisotopic (exact) mass is 356 g/mol. The zero-order valence-corrected chi connectivity index (χ0v) is 14.7. The van der Waals surface area contributed by atoms with Crippen molar-refractivity contribution in [3.05, 3.63) is 45.5 Å². The molecule has 1 saturated heterocycles. The summed E-state index contributed by atoms with van der Waals surface area (Å²) >= 11 is 5.94. The van der Waals surface area contributed by atoms with Gasteiger partial charge in [0.15, 0.2) is 0 Å². The lowest BCUT2D eigenvalue weighted by Gasteiger charge is -2.27. The highest BCUT2D eigenvalue weighted by Crippen LogP contribution is 2.14. The standard InChI is InChI=1S/C16H21ClN4O.ClH/c1-2-7-20(14-5-6-18-9-14)11-13-8-16(22)21-10-12(17)3-4-15(21)19-13;/h3-4,8,10,14,18H,2,5-7,9,11H2,1H3;1H. The second kappa shape index (κ2) is 8.11. The first kappa shape index (κ1) is 18.2. The van der Waals surface area contributed by atoms with Crippen LogP contribution in [0.2, 0.25) is 5.02 Å². The summed E-state index contributed by atoms with van der Waals surface area (Å²) in [5, 5.41) is 3.94. The Morgan fingerprint density at radius 3 is 3.00 bits per heavy atom. The van der Waals surface area contributed by atoms with Gasteiger partial charge in [0, 0.05) is 31.4 Å². The summed E-state index contributed by atoms with van der Waals surface area (Å²) < 4.78 is 1.49. The lowest BCUT2D eigenvalue weighted by Crippen LogP contribution is -2.37. The van der Waals surface area contributed by atoms with E-state index in [1.165, 1.54) is 4.40 Å². The van der Waals surface area contributed by atoms with Gasteiger partial charge in [-0.1, -0.05) is 18.5 Å². The highest BCUT2D eigenvalue weighted by atomic mass is 35.5. The normalized spacial score (nSPS) is 17.6. The molecule has 1 N–H and O–H groups in total. The number of halogens is 2. The van der Waals surface area contributed by atoms with Crippen molar-refractivity contribution >= 4 is 29.7 Å². The van der Waals surface area contributed by atoms with Crippen LogP contribution < -0.4 is 10.9 Å². The Balaban J connectivity index is 0.00000192. The molecule has 1 aliphatic rings. The molecule has 0 aromatic carbocycles. The highest BCUT2D eigenvalue weighted by Gasteiger charge is 2.22. The fourth-order valence-electron chi connectivity index (χ4n) is 3.04. The van der Waals surface area contributed by atoms with E-state index in [0.29, 0.717) is 23.3 Å². The van der Waals surface area contributed by atoms with Gasteiger partial charge in [-0.15, -0.1) is 12.4 Å². The van der Waals surface area contributed by atoms with E-state index in [9.17, 15) is 4.79 Å². The maximum atomic E-state index is 12.2. The van der Waals surface area contributed by atoms with Gasteiger partial charge in [0.25, 0.3) is 5.56 Å². The van der Waals surface area contributed by atoms with Crippen molar-refractivity contribution in [2.45, 2.75) is 32.4 Å². The number of nitrogens with zero attached hydrogens (tertiary/aromatic N) is 3. The molecule has 3 rings (SSSR count). The van der Waals surface area contributed by atoms with Crippen LogP contribution >= 0.6 is 24.0 Å². The molecule has 0 aliphatic carbocycles. The van der Waals surface area contributed by atoms with Crippen LogP contribution in [0.4, 0.5) is 0 Å².